The number of nitrogens with one attached hydrogen (secondary N) is 1. The summed E-state index contributed by atoms with van der Waals surface area (Å²) in [6, 6.07) is 0. The summed E-state index contributed by atoms with van der Waals surface area (Å²) in [5.41, 5.74) is 5.38. The van der Waals surface area contributed by atoms with Gasteiger partial charge in [-0.1, -0.05) is 0 Å². The van der Waals surface area contributed by atoms with Crippen LogP contribution >= 0.6 is 0 Å². The van der Waals surface area contributed by atoms with E-state index in [0.717, 1.165) is 6.33 Å². The Bertz CT molecular complexity index is 388. The Morgan fingerprint density at radius 1 is 1.47 bits per heavy atom. The van der Waals surface area contributed by atoms with Crippen LogP contribution in [0.25, 0.3) is 0 Å². The van der Waals surface area contributed by atoms with E-state index in [4.69, 9.17) is 10.5 Å². The van der Waals surface area contributed by atoms with Gasteiger partial charge < -0.3 is 15.8 Å². The van der Waals surface area contributed by atoms with Gasteiger partial charge in [0.15, 0.2) is 11.6 Å². The van der Waals surface area contributed by atoms with Crippen LogP contribution in [0.5, 0.6) is 5.75 Å². The van der Waals surface area contributed by atoms with Gasteiger partial charge in [0, 0.05) is 0 Å². The van der Waals surface area contributed by atoms with E-state index in [-0.39, 0.29) is 17.4 Å². The highest BCUT2D eigenvalue weighted by Crippen LogP contribution is 2.28. The maximum Gasteiger partial charge on any atom is 0.324 e. The first-order valence-electron chi connectivity index (χ1n) is 4.42. The summed E-state index contributed by atoms with van der Waals surface area (Å²) in [4.78, 5) is 7.12. The van der Waals surface area contributed by atoms with Crippen LogP contribution in [0.1, 0.15) is 0 Å². The zero-order valence-corrected chi connectivity index (χ0v) is 8.75. The van der Waals surface area contributed by atoms with Crippen molar-refractivity contribution < 1.29 is 22.3 Å². The summed E-state index contributed by atoms with van der Waals surface area (Å²) in [6.45, 7) is -1.28. The SMILES string of the molecule is COc1c(N)ncnc1NCC(F)(F)C(F)F. The average Bonchev–Trinajstić information content (AvgIpc) is 2.26. The molecule has 1 aromatic heterocycles. The standard InChI is InChI=1S/C8H10F4N4O/c1-17-4-5(13)15-3-16-6(4)14-2-8(11,12)7(9)10/h3,7H,2H2,1H3,(H3,13,14,15,16). The molecule has 1 rings (SSSR count). The second-order valence-electron chi connectivity index (χ2n) is 3.06. The lowest BCUT2D eigenvalue weighted by Gasteiger charge is -2.17. The number of nitrogens with two attached hydrogens (primary N) is 1. The number of alkyl halides is 4. The fraction of sp³-hybridized carbons (Fsp3) is 0.500. The summed E-state index contributed by atoms with van der Waals surface area (Å²) in [7, 11) is 1.23. The smallest absolute Gasteiger partial charge is 0.324 e. The van der Waals surface area contributed by atoms with E-state index >= 15 is 0 Å². The molecule has 96 valence electrons. The minimum atomic E-state index is -4.16. The molecule has 0 spiro atoms. The predicted molar refractivity (Wildman–Crippen MR) is 52.4 cm³/mol. The number of aromatic nitrogens is 2. The van der Waals surface area contributed by atoms with Gasteiger partial charge in [0.1, 0.15) is 6.33 Å². The molecule has 9 heteroatoms. The number of nitrogen functional groups attached to an aromatic ring is 1. The Balaban J connectivity index is 2.79. The molecule has 0 saturated heterocycles. The molecular formula is C8H10F4N4O. The van der Waals surface area contributed by atoms with E-state index in [0.29, 0.717) is 0 Å². The molecule has 0 unspecified atom stereocenters. The van der Waals surface area contributed by atoms with Crippen LogP contribution in [-0.4, -0.2) is 36.0 Å². The summed E-state index contributed by atoms with van der Waals surface area (Å²) < 4.78 is 53.8. The lowest BCUT2D eigenvalue weighted by atomic mass is 10.3. The lowest BCUT2D eigenvalue weighted by molar-refractivity contribution is -0.117. The number of methoxy groups -OCH3 is 1. The molecule has 0 atom stereocenters. The summed E-state index contributed by atoms with van der Waals surface area (Å²) in [5, 5.41) is 2.04. The molecule has 0 aromatic carbocycles. The molecule has 0 radical (unpaired) electrons. The van der Waals surface area contributed by atoms with Gasteiger partial charge in [0.25, 0.3) is 0 Å². The number of anilines is 2. The van der Waals surface area contributed by atoms with Crippen LogP contribution in [0.4, 0.5) is 29.2 Å². The predicted octanol–water partition coefficient (Wildman–Crippen LogP) is 1.38. The van der Waals surface area contributed by atoms with E-state index in [2.05, 4.69) is 9.97 Å². The van der Waals surface area contributed by atoms with E-state index < -0.39 is 18.9 Å². The van der Waals surface area contributed by atoms with Crippen molar-refractivity contribution in [2.45, 2.75) is 12.3 Å². The molecule has 0 saturated carbocycles. The molecule has 3 N–H and O–H groups in total. The van der Waals surface area contributed by atoms with Crippen LogP contribution in [-0.2, 0) is 0 Å². The van der Waals surface area contributed by atoms with Crippen molar-refractivity contribution in [3.63, 3.8) is 0 Å². The molecule has 0 aliphatic carbocycles. The van der Waals surface area contributed by atoms with Crippen molar-refractivity contribution in [1.29, 1.82) is 0 Å². The second kappa shape index (κ2) is 5.02. The molecule has 5 nitrogen and oxygen atoms in total. The second-order valence-corrected chi connectivity index (χ2v) is 3.06. The summed E-state index contributed by atoms with van der Waals surface area (Å²) >= 11 is 0. The van der Waals surface area contributed by atoms with E-state index in [9.17, 15) is 17.6 Å². The first-order valence-corrected chi connectivity index (χ1v) is 4.42. The largest absolute Gasteiger partial charge is 0.490 e. The molecular weight excluding hydrogens is 244 g/mol. The minimum Gasteiger partial charge on any atom is -0.490 e. The minimum absolute atomic E-state index is 0.0717. The Labute approximate surface area is 94.0 Å². The number of hydrogen-bond donors (Lipinski definition) is 2. The summed E-state index contributed by atoms with van der Waals surface area (Å²) in [5.74, 6) is -4.48. The van der Waals surface area contributed by atoms with Crippen molar-refractivity contribution in [3.05, 3.63) is 6.33 Å². The molecule has 0 bridgehead atoms. The number of hydrogen-bond acceptors (Lipinski definition) is 5. The fourth-order valence-corrected chi connectivity index (χ4v) is 0.993. The highest BCUT2D eigenvalue weighted by molar-refractivity contribution is 5.61. The Hall–Kier alpha value is -1.80. The van der Waals surface area contributed by atoms with Crippen molar-refractivity contribution in [2.24, 2.45) is 0 Å². The lowest BCUT2D eigenvalue weighted by Crippen LogP contribution is -2.35. The van der Waals surface area contributed by atoms with Crippen molar-refractivity contribution >= 4 is 11.6 Å². The number of ether oxygens (including phenoxy) is 1. The highest BCUT2D eigenvalue weighted by atomic mass is 19.3. The zero-order chi connectivity index (χ0) is 13.1. The fourth-order valence-electron chi connectivity index (χ4n) is 0.993. The average molecular weight is 254 g/mol. The van der Waals surface area contributed by atoms with Crippen molar-refractivity contribution in [3.8, 4) is 5.75 Å². The first-order chi connectivity index (χ1) is 7.88. The van der Waals surface area contributed by atoms with E-state index in [1.807, 2.05) is 5.32 Å². The Morgan fingerprint density at radius 3 is 2.65 bits per heavy atom. The Kier molecular flexibility index (Phi) is 3.92. The first kappa shape index (κ1) is 13.3. The van der Waals surface area contributed by atoms with Crippen LogP contribution in [0.2, 0.25) is 0 Å². The van der Waals surface area contributed by atoms with Gasteiger partial charge in [-0.3, -0.25) is 0 Å². The van der Waals surface area contributed by atoms with Crippen LogP contribution in [0.15, 0.2) is 6.33 Å². The number of nitrogens with zero attached hydrogens (tertiary/aromatic N) is 2. The van der Waals surface area contributed by atoms with Gasteiger partial charge in [-0.25, -0.2) is 18.7 Å². The molecule has 1 aromatic rings. The maximum absolute atomic E-state index is 12.6. The van der Waals surface area contributed by atoms with Crippen LogP contribution in [0.3, 0.4) is 0 Å². The van der Waals surface area contributed by atoms with Gasteiger partial charge in [0.2, 0.25) is 5.75 Å². The normalized spacial score (nSPS) is 11.6. The molecule has 0 amide bonds. The molecule has 0 fully saturated rings. The zero-order valence-electron chi connectivity index (χ0n) is 8.75. The molecule has 0 aliphatic rings. The Morgan fingerprint density at radius 2 is 2.12 bits per heavy atom. The van der Waals surface area contributed by atoms with Gasteiger partial charge in [-0.2, -0.15) is 8.78 Å². The molecule has 0 aliphatic heterocycles. The van der Waals surface area contributed by atoms with Crippen molar-refractivity contribution in [1.82, 2.24) is 9.97 Å². The molecule has 17 heavy (non-hydrogen) atoms. The summed E-state index contributed by atoms with van der Waals surface area (Å²) in [6.07, 6.45) is -2.76. The van der Waals surface area contributed by atoms with Crippen molar-refractivity contribution in [2.75, 3.05) is 24.7 Å². The van der Waals surface area contributed by atoms with Crippen LogP contribution < -0.4 is 15.8 Å². The highest BCUT2D eigenvalue weighted by Gasteiger charge is 2.40. The third-order valence-corrected chi connectivity index (χ3v) is 1.85. The third kappa shape index (κ3) is 3.08. The molecule has 1 heterocycles. The third-order valence-electron chi connectivity index (χ3n) is 1.85. The number of rotatable bonds is 5. The topological polar surface area (TPSA) is 73.1 Å². The van der Waals surface area contributed by atoms with Gasteiger partial charge in [0.05, 0.1) is 13.7 Å². The van der Waals surface area contributed by atoms with Gasteiger partial charge >= 0.3 is 12.3 Å². The van der Waals surface area contributed by atoms with Gasteiger partial charge in [-0.05, 0) is 0 Å². The van der Waals surface area contributed by atoms with Gasteiger partial charge in [-0.15, -0.1) is 0 Å². The quantitative estimate of drug-likeness (QED) is 0.776. The van der Waals surface area contributed by atoms with Crippen LogP contribution in [0, 0.1) is 0 Å². The number of halogens is 4. The maximum atomic E-state index is 12.6. The monoisotopic (exact) mass is 254 g/mol. The van der Waals surface area contributed by atoms with E-state index in [1.54, 1.807) is 0 Å². The van der Waals surface area contributed by atoms with E-state index in [1.165, 1.54) is 7.11 Å².